The number of hydrogen-bond donors (Lipinski definition) is 0. The normalized spacial score (nSPS) is 40.0. The summed E-state index contributed by atoms with van der Waals surface area (Å²) in [6.45, 7) is 0. The van der Waals surface area contributed by atoms with Gasteiger partial charge in [0.25, 0.3) is 0 Å². The van der Waals surface area contributed by atoms with Crippen molar-refractivity contribution in [3.63, 3.8) is 0 Å². The Labute approximate surface area is 129 Å². The number of ether oxygens (including phenoxy) is 2. The zero-order valence-electron chi connectivity index (χ0n) is 11.8. The first-order chi connectivity index (χ1) is 10.6. The molecule has 6 rings (SSSR count). The van der Waals surface area contributed by atoms with Crippen molar-refractivity contribution >= 4 is 28.9 Å². The molecule has 0 unspecified atom stereocenters. The first kappa shape index (κ1) is 12.7. The molecule has 22 heavy (non-hydrogen) atoms. The van der Waals surface area contributed by atoms with E-state index in [-0.39, 0.29) is 23.4 Å². The zero-order valence-corrected chi connectivity index (χ0v) is 12.6. The van der Waals surface area contributed by atoms with Crippen molar-refractivity contribution in [3.05, 3.63) is 33.5 Å². The summed E-state index contributed by atoms with van der Waals surface area (Å²) in [6, 6.07) is 1.48. The fraction of sp³-hybridized carbons (Fsp3) is 0.438. The van der Waals surface area contributed by atoms with E-state index in [0.717, 1.165) is 24.2 Å². The molecule has 0 N–H and O–H groups in total. The van der Waals surface area contributed by atoms with E-state index in [1.54, 1.807) is 0 Å². The van der Waals surface area contributed by atoms with Crippen LogP contribution in [0.25, 0.3) is 0 Å². The lowest BCUT2D eigenvalue weighted by atomic mass is 9.57. The van der Waals surface area contributed by atoms with Gasteiger partial charge in [-0.15, -0.1) is 11.3 Å². The molecular formula is C16H12O5S. The van der Waals surface area contributed by atoms with E-state index in [4.69, 9.17) is 9.47 Å². The number of carbonyl (C=O) groups excluding carboxylic acids is 3. The summed E-state index contributed by atoms with van der Waals surface area (Å²) in [5, 5.41) is 0. The number of carbonyl (C=O) groups is 3. The molecule has 1 saturated heterocycles. The molecule has 0 aromatic carbocycles. The number of hydrogen-bond acceptors (Lipinski definition) is 6. The Bertz CT molecular complexity index is 750. The highest BCUT2D eigenvalue weighted by molar-refractivity contribution is 7.16. The molecule has 2 fully saturated rings. The molecule has 2 heterocycles. The second-order valence-corrected chi connectivity index (χ2v) is 7.30. The SMILES string of the molecule is COC(=O)c1cc2c(s1)C(=O)[C@@]13O[C@]1(C2=O)[C@@H]1C=C[C@H]3CC1. The molecule has 1 aromatic rings. The van der Waals surface area contributed by atoms with Crippen LogP contribution in [-0.4, -0.2) is 35.8 Å². The molecule has 1 aromatic heterocycles. The van der Waals surface area contributed by atoms with Crippen LogP contribution in [0.2, 0.25) is 0 Å². The van der Waals surface area contributed by atoms with Gasteiger partial charge in [-0.1, -0.05) is 12.2 Å². The first-order valence-corrected chi connectivity index (χ1v) is 8.08. The fourth-order valence-electron chi connectivity index (χ4n) is 4.49. The van der Waals surface area contributed by atoms with Gasteiger partial charge in [-0.2, -0.15) is 0 Å². The van der Waals surface area contributed by atoms with Crippen LogP contribution < -0.4 is 0 Å². The molecule has 112 valence electrons. The second kappa shape index (κ2) is 3.58. The number of esters is 1. The van der Waals surface area contributed by atoms with Gasteiger partial charge in [-0.25, -0.2) is 4.79 Å². The van der Waals surface area contributed by atoms with Crippen molar-refractivity contribution in [2.24, 2.45) is 11.8 Å². The summed E-state index contributed by atoms with van der Waals surface area (Å²) in [4.78, 5) is 38.4. The number of methoxy groups -OCH3 is 1. The van der Waals surface area contributed by atoms with Crippen LogP contribution in [0.5, 0.6) is 0 Å². The van der Waals surface area contributed by atoms with Crippen molar-refractivity contribution < 1.29 is 23.9 Å². The van der Waals surface area contributed by atoms with E-state index in [2.05, 4.69) is 0 Å². The maximum Gasteiger partial charge on any atom is 0.348 e. The van der Waals surface area contributed by atoms with Gasteiger partial charge in [0, 0.05) is 17.4 Å². The highest BCUT2D eigenvalue weighted by Gasteiger charge is 2.87. The molecule has 1 aliphatic heterocycles. The van der Waals surface area contributed by atoms with Gasteiger partial charge in [-0.05, 0) is 18.9 Å². The number of fused-ring (bicyclic) bond motifs is 2. The average Bonchev–Trinajstić information content (AvgIpc) is 3.16. The molecule has 2 bridgehead atoms. The second-order valence-electron chi connectivity index (χ2n) is 6.25. The number of ketones is 2. The van der Waals surface area contributed by atoms with Gasteiger partial charge < -0.3 is 9.47 Å². The Morgan fingerprint density at radius 3 is 2.45 bits per heavy atom. The molecule has 1 saturated carbocycles. The summed E-state index contributed by atoms with van der Waals surface area (Å²) in [7, 11) is 1.28. The van der Waals surface area contributed by atoms with E-state index >= 15 is 0 Å². The maximum atomic E-state index is 13.0. The summed E-state index contributed by atoms with van der Waals surface area (Å²) in [5.41, 5.74) is -1.69. The van der Waals surface area contributed by atoms with E-state index in [0.29, 0.717) is 15.3 Å². The standard InChI is InChI=1S/C16H12O5S/c1-20-14(19)10-6-9-11(22-10)13(18)16-8-4-2-7(3-5-8)15(16,21-16)12(9)17/h2,4,6-8H,3,5H2,1H3/t7-,8+,15+,16-/m1/s1. The molecule has 4 atom stereocenters. The molecule has 0 amide bonds. The average molecular weight is 316 g/mol. The monoisotopic (exact) mass is 316 g/mol. The van der Waals surface area contributed by atoms with Gasteiger partial charge in [0.15, 0.2) is 17.0 Å². The zero-order chi connectivity index (χ0) is 15.3. The highest BCUT2D eigenvalue weighted by Crippen LogP contribution is 2.70. The van der Waals surface area contributed by atoms with Crippen LogP contribution in [0.4, 0.5) is 0 Å². The quantitative estimate of drug-likeness (QED) is 0.450. The Hall–Kier alpha value is -1.79. The Balaban J connectivity index is 1.72. The van der Waals surface area contributed by atoms with Crippen molar-refractivity contribution in [2.75, 3.05) is 7.11 Å². The Kier molecular flexibility index (Phi) is 2.07. The molecule has 4 aliphatic carbocycles. The van der Waals surface area contributed by atoms with Crippen LogP contribution in [0.1, 0.15) is 42.5 Å². The molecule has 0 spiro atoms. The van der Waals surface area contributed by atoms with Crippen molar-refractivity contribution in [2.45, 2.75) is 24.0 Å². The molecule has 0 radical (unpaired) electrons. The summed E-state index contributed by atoms with van der Waals surface area (Å²) in [5.74, 6) is -0.878. The largest absolute Gasteiger partial charge is 0.465 e. The lowest BCUT2D eigenvalue weighted by Gasteiger charge is -2.39. The maximum absolute atomic E-state index is 13.0. The molecular weight excluding hydrogens is 304 g/mol. The molecule has 6 heteroatoms. The third-order valence-electron chi connectivity index (χ3n) is 5.48. The first-order valence-electron chi connectivity index (χ1n) is 7.26. The van der Waals surface area contributed by atoms with Crippen LogP contribution in [0.15, 0.2) is 18.2 Å². The van der Waals surface area contributed by atoms with Gasteiger partial charge >= 0.3 is 5.97 Å². The summed E-state index contributed by atoms with van der Waals surface area (Å²) >= 11 is 1.04. The van der Waals surface area contributed by atoms with Crippen LogP contribution in [0.3, 0.4) is 0 Å². The predicted octanol–water partition coefficient (Wildman–Crippen LogP) is 2.02. The van der Waals surface area contributed by atoms with E-state index in [1.165, 1.54) is 13.2 Å². The predicted molar refractivity (Wildman–Crippen MR) is 76.2 cm³/mol. The van der Waals surface area contributed by atoms with Gasteiger partial charge in [0.1, 0.15) is 4.88 Å². The molecule has 5 nitrogen and oxygen atoms in total. The third-order valence-corrected chi connectivity index (χ3v) is 6.60. The van der Waals surface area contributed by atoms with Crippen LogP contribution in [-0.2, 0) is 9.47 Å². The summed E-state index contributed by atoms with van der Waals surface area (Å²) in [6.07, 6.45) is 5.77. The van der Waals surface area contributed by atoms with Gasteiger partial charge in [0.05, 0.1) is 12.0 Å². The smallest absolute Gasteiger partial charge is 0.348 e. The minimum Gasteiger partial charge on any atom is -0.465 e. The lowest BCUT2D eigenvalue weighted by molar-refractivity contribution is 0.0606. The van der Waals surface area contributed by atoms with E-state index < -0.39 is 17.2 Å². The van der Waals surface area contributed by atoms with Gasteiger partial charge in [0.2, 0.25) is 5.78 Å². The van der Waals surface area contributed by atoms with E-state index in [1.807, 2.05) is 12.2 Å². The Morgan fingerprint density at radius 2 is 1.86 bits per heavy atom. The number of epoxide rings is 1. The molecule has 5 aliphatic rings. The minimum atomic E-state index is -1.01. The van der Waals surface area contributed by atoms with Crippen LogP contribution >= 0.6 is 11.3 Å². The Morgan fingerprint density at radius 1 is 1.23 bits per heavy atom. The topological polar surface area (TPSA) is 73.0 Å². The third kappa shape index (κ3) is 1.06. The lowest BCUT2D eigenvalue weighted by Crippen LogP contribution is -2.56. The fourth-order valence-corrected chi connectivity index (χ4v) is 5.56. The minimum absolute atomic E-state index is 0.0363. The number of Topliss-reactive ketones (excluding diaryl/α,β-unsaturated/α-hetero) is 2. The van der Waals surface area contributed by atoms with Crippen molar-refractivity contribution in [1.82, 2.24) is 0 Å². The summed E-state index contributed by atoms with van der Waals surface area (Å²) < 4.78 is 10.6. The van der Waals surface area contributed by atoms with Gasteiger partial charge in [-0.3, -0.25) is 9.59 Å². The highest BCUT2D eigenvalue weighted by atomic mass is 32.1. The van der Waals surface area contributed by atoms with Crippen LogP contribution in [0, 0.1) is 11.8 Å². The number of rotatable bonds is 1. The number of thiophene rings is 1. The van der Waals surface area contributed by atoms with E-state index in [9.17, 15) is 14.4 Å². The van der Waals surface area contributed by atoms with Crippen molar-refractivity contribution in [1.29, 1.82) is 0 Å². The van der Waals surface area contributed by atoms with Crippen molar-refractivity contribution in [3.8, 4) is 0 Å².